The number of hydrogen-bond donors (Lipinski definition) is 1. The Labute approximate surface area is 52.9 Å². The summed E-state index contributed by atoms with van der Waals surface area (Å²) in [4.78, 5) is 6.71. The molecule has 0 spiro atoms. The first-order valence-corrected chi connectivity index (χ1v) is 2.90. The first-order chi connectivity index (χ1) is 3.84. The third kappa shape index (κ3) is 0.842. The summed E-state index contributed by atoms with van der Waals surface area (Å²) in [6.07, 6.45) is 2.51. The van der Waals surface area contributed by atoms with Gasteiger partial charge in [0.15, 0.2) is 0 Å². The average Bonchev–Trinajstić information content (AvgIpc) is 2.14. The van der Waals surface area contributed by atoms with Crippen molar-refractivity contribution in [3.63, 3.8) is 0 Å². The zero-order valence-corrected chi connectivity index (χ0v) is 5.37. The first kappa shape index (κ1) is 5.63. The van der Waals surface area contributed by atoms with E-state index in [1.54, 1.807) is 6.33 Å². The molecular formula is C5H7ClN2. The van der Waals surface area contributed by atoms with Crippen molar-refractivity contribution < 1.29 is 0 Å². The van der Waals surface area contributed by atoms with Gasteiger partial charge in [-0.25, -0.2) is 4.98 Å². The number of nitrogens with one attached hydrogen (secondary N) is 1. The van der Waals surface area contributed by atoms with Gasteiger partial charge >= 0.3 is 0 Å². The fourth-order valence-corrected chi connectivity index (χ4v) is 0.789. The van der Waals surface area contributed by atoms with Gasteiger partial charge in [0, 0.05) is 0 Å². The van der Waals surface area contributed by atoms with Crippen molar-refractivity contribution >= 4 is 11.6 Å². The van der Waals surface area contributed by atoms with Gasteiger partial charge in [0.05, 0.1) is 12.0 Å². The van der Waals surface area contributed by atoms with Gasteiger partial charge in [0.1, 0.15) is 5.15 Å². The highest BCUT2D eigenvalue weighted by atomic mass is 35.5. The van der Waals surface area contributed by atoms with Crippen LogP contribution in [0.15, 0.2) is 6.33 Å². The average molecular weight is 131 g/mol. The molecule has 1 aromatic rings. The Morgan fingerprint density at radius 1 is 1.88 bits per heavy atom. The van der Waals surface area contributed by atoms with Crippen LogP contribution in [0.3, 0.4) is 0 Å². The lowest BCUT2D eigenvalue weighted by atomic mass is 10.4. The van der Waals surface area contributed by atoms with E-state index >= 15 is 0 Å². The van der Waals surface area contributed by atoms with E-state index in [0.29, 0.717) is 5.15 Å². The molecule has 8 heavy (non-hydrogen) atoms. The summed E-state index contributed by atoms with van der Waals surface area (Å²) < 4.78 is 0. The summed E-state index contributed by atoms with van der Waals surface area (Å²) >= 11 is 5.60. The minimum absolute atomic E-state index is 0.590. The van der Waals surface area contributed by atoms with E-state index in [1.165, 1.54) is 0 Å². The maximum Gasteiger partial charge on any atom is 0.149 e. The van der Waals surface area contributed by atoms with Crippen molar-refractivity contribution in [2.45, 2.75) is 13.3 Å². The predicted octanol–water partition coefficient (Wildman–Crippen LogP) is 1.63. The highest BCUT2D eigenvalue weighted by Gasteiger charge is 1.95. The second kappa shape index (κ2) is 2.18. The zero-order valence-electron chi connectivity index (χ0n) is 4.61. The molecule has 0 aromatic carbocycles. The minimum atomic E-state index is 0.590. The molecule has 0 unspecified atom stereocenters. The Balaban J connectivity index is 2.92. The standard InChI is InChI=1S/C5H7ClN2/c1-2-4-5(6)8-3-7-4/h3H,2H2,1H3,(H,7,8). The van der Waals surface area contributed by atoms with Crippen LogP contribution in [0.25, 0.3) is 0 Å². The Hall–Kier alpha value is -0.500. The van der Waals surface area contributed by atoms with Crippen LogP contribution in [0.1, 0.15) is 12.6 Å². The molecule has 0 saturated heterocycles. The number of hydrogen-bond acceptors (Lipinski definition) is 1. The number of halogens is 1. The molecule has 0 bridgehead atoms. The normalized spacial score (nSPS) is 9.75. The lowest BCUT2D eigenvalue weighted by molar-refractivity contribution is 1.06. The molecule has 0 radical (unpaired) electrons. The SMILES string of the molecule is CCc1[nH]cnc1Cl. The van der Waals surface area contributed by atoms with Crippen molar-refractivity contribution in [2.24, 2.45) is 0 Å². The molecule has 3 heteroatoms. The lowest BCUT2D eigenvalue weighted by Crippen LogP contribution is -1.77. The molecule has 0 aliphatic heterocycles. The first-order valence-electron chi connectivity index (χ1n) is 2.52. The lowest BCUT2D eigenvalue weighted by Gasteiger charge is -1.84. The van der Waals surface area contributed by atoms with E-state index in [4.69, 9.17) is 11.6 Å². The van der Waals surface area contributed by atoms with Gasteiger partial charge < -0.3 is 4.98 Å². The van der Waals surface area contributed by atoms with E-state index < -0.39 is 0 Å². The van der Waals surface area contributed by atoms with E-state index in [1.807, 2.05) is 6.92 Å². The topological polar surface area (TPSA) is 28.7 Å². The Bertz CT molecular complexity index is 171. The fraction of sp³-hybridized carbons (Fsp3) is 0.400. The van der Waals surface area contributed by atoms with Crippen LogP contribution in [-0.4, -0.2) is 9.97 Å². The van der Waals surface area contributed by atoms with Crippen LogP contribution in [0, 0.1) is 0 Å². The minimum Gasteiger partial charge on any atom is -0.347 e. The van der Waals surface area contributed by atoms with Crippen molar-refractivity contribution in [3.8, 4) is 0 Å². The number of aromatic amines is 1. The highest BCUT2D eigenvalue weighted by molar-refractivity contribution is 6.30. The maximum atomic E-state index is 5.60. The number of rotatable bonds is 1. The van der Waals surface area contributed by atoms with Gasteiger partial charge in [-0.05, 0) is 6.42 Å². The Morgan fingerprint density at radius 3 is 2.88 bits per heavy atom. The third-order valence-corrected chi connectivity index (χ3v) is 1.34. The summed E-state index contributed by atoms with van der Waals surface area (Å²) in [6, 6.07) is 0. The molecule has 1 rings (SSSR count). The summed E-state index contributed by atoms with van der Waals surface area (Å²) in [6.45, 7) is 2.03. The zero-order chi connectivity index (χ0) is 5.98. The van der Waals surface area contributed by atoms with Crippen molar-refractivity contribution in [1.29, 1.82) is 0 Å². The third-order valence-electron chi connectivity index (χ3n) is 1.02. The molecule has 2 nitrogen and oxygen atoms in total. The molecule has 0 saturated carbocycles. The molecular weight excluding hydrogens is 124 g/mol. The second-order valence-electron chi connectivity index (χ2n) is 1.53. The van der Waals surface area contributed by atoms with E-state index in [0.717, 1.165) is 12.1 Å². The smallest absolute Gasteiger partial charge is 0.149 e. The number of H-pyrrole nitrogens is 1. The molecule has 0 atom stereocenters. The highest BCUT2D eigenvalue weighted by Crippen LogP contribution is 2.08. The summed E-state index contributed by atoms with van der Waals surface area (Å²) in [7, 11) is 0. The Morgan fingerprint density at radius 2 is 2.62 bits per heavy atom. The quantitative estimate of drug-likeness (QED) is 0.615. The number of nitrogens with zero attached hydrogens (tertiary/aromatic N) is 1. The molecule has 0 aliphatic rings. The van der Waals surface area contributed by atoms with Crippen molar-refractivity contribution in [2.75, 3.05) is 0 Å². The van der Waals surface area contributed by atoms with Gasteiger partial charge in [0.25, 0.3) is 0 Å². The number of aromatic nitrogens is 2. The predicted molar refractivity (Wildman–Crippen MR) is 33.0 cm³/mol. The monoisotopic (exact) mass is 130 g/mol. The second-order valence-corrected chi connectivity index (χ2v) is 1.88. The number of imidazole rings is 1. The van der Waals surface area contributed by atoms with Crippen molar-refractivity contribution in [1.82, 2.24) is 9.97 Å². The van der Waals surface area contributed by atoms with Gasteiger partial charge in [-0.1, -0.05) is 18.5 Å². The van der Waals surface area contributed by atoms with Crippen LogP contribution in [-0.2, 0) is 6.42 Å². The van der Waals surface area contributed by atoms with Crippen LogP contribution >= 0.6 is 11.6 Å². The molecule has 1 aromatic heterocycles. The molecule has 0 amide bonds. The summed E-state index contributed by atoms with van der Waals surface area (Å²) in [5.41, 5.74) is 1.01. The largest absolute Gasteiger partial charge is 0.347 e. The van der Waals surface area contributed by atoms with E-state index in [2.05, 4.69) is 9.97 Å². The van der Waals surface area contributed by atoms with Crippen LogP contribution < -0.4 is 0 Å². The molecule has 0 fully saturated rings. The molecule has 1 N–H and O–H groups in total. The van der Waals surface area contributed by atoms with Gasteiger partial charge in [0.2, 0.25) is 0 Å². The van der Waals surface area contributed by atoms with Crippen LogP contribution in [0.4, 0.5) is 0 Å². The van der Waals surface area contributed by atoms with E-state index in [9.17, 15) is 0 Å². The van der Waals surface area contributed by atoms with Crippen molar-refractivity contribution in [3.05, 3.63) is 17.2 Å². The maximum absolute atomic E-state index is 5.60. The molecule has 44 valence electrons. The Kier molecular flexibility index (Phi) is 1.53. The van der Waals surface area contributed by atoms with Gasteiger partial charge in [-0.2, -0.15) is 0 Å². The van der Waals surface area contributed by atoms with Crippen LogP contribution in [0.5, 0.6) is 0 Å². The molecule has 0 aliphatic carbocycles. The number of aryl methyl sites for hydroxylation is 1. The van der Waals surface area contributed by atoms with Gasteiger partial charge in [-0.3, -0.25) is 0 Å². The van der Waals surface area contributed by atoms with E-state index in [-0.39, 0.29) is 0 Å². The fourth-order valence-electron chi connectivity index (χ4n) is 0.552. The van der Waals surface area contributed by atoms with Gasteiger partial charge in [-0.15, -0.1) is 0 Å². The molecule has 1 heterocycles. The summed E-state index contributed by atoms with van der Waals surface area (Å²) in [5, 5.41) is 0.590. The van der Waals surface area contributed by atoms with Crippen LogP contribution in [0.2, 0.25) is 5.15 Å². The summed E-state index contributed by atoms with van der Waals surface area (Å²) in [5.74, 6) is 0.